The van der Waals surface area contributed by atoms with Gasteiger partial charge in [0.15, 0.2) is 0 Å². The van der Waals surface area contributed by atoms with Crippen LogP contribution < -0.4 is 27.0 Å². The molecule has 4 atom stereocenters. The Labute approximate surface area is 293 Å². The first-order chi connectivity index (χ1) is 24.6. The molecule has 0 bridgehead atoms. The number of carbonyl (C=O) groups is 6. The van der Waals surface area contributed by atoms with E-state index < -0.39 is 60.2 Å². The third-order valence-electron chi connectivity index (χ3n) is 8.47. The first-order valence-electron chi connectivity index (χ1n) is 16.3. The molecular formula is C38H38N6O7. The highest BCUT2D eigenvalue weighted by Crippen LogP contribution is 2.20. The molecule has 1 aromatic heterocycles. The summed E-state index contributed by atoms with van der Waals surface area (Å²) in [5.41, 5.74) is 9.38. The van der Waals surface area contributed by atoms with E-state index in [0.29, 0.717) is 11.1 Å². The van der Waals surface area contributed by atoms with Gasteiger partial charge in [0.2, 0.25) is 30.0 Å². The molecule has 5 amide bonds. The van der Waals surface area contributed by atoms with Gasteiger partial charge in [-0.15, -0.1) is 0 Å². The van der Waals surface area contributed by atoms with Crippen molar-refractivity contribution in [3.8, 4) is 0 Å². The van der Waals surface area contributed by atoms with Gasteiger partial charge in [0.1, 0.15) is 18.1 Å². The van der Waals surface area contributed by atoms with Crippen molar-refractivity contribution in [2.75, 3.05) is 0 Å². The normalized spacial score (nSPS) is 13.4. The Hall–Kier alpha value is -6.34. The van der Waals surface area contributed by atoms with Crippen LogP contribution in [-0.2, 0) is 48.0 Å². The topological polar surface area (TPSA) is 213 Å². The molecule has 262 valence electrons. The molecule has 4 aromatic carbocycles. The predicted octanol–water partition coefficient (Wildman–Crippen LogP) is 1.88. The molecule has 0 aliphatic carbocycles. The van der Waals surface area contributed by atoms with Crippen molar-refractivity contribution >= 4 is 57.7 Å². The summed E-state index contributed by atoms with van der Waals surface area (Å²) in [4.78, 5) is 79.7. The first-order valence-corrected chi connectivity index (χ1v) is 16.3. The van der Waals surface area contributed by atoms with Crippen molar-refractivity contribution < 1.29 is 33.9 Å². The number of carboxylic acids is 1. The van der Waals surface area contributed by atoms with Crippen molar-refractivity contribution in [3.63, 3.8) is 0 Å². The number of carboxylic acid groups (broad SMARTS) is 1. The summed E-state index contributed by atoms with van der Waals surface area (Å²) >= 11 is 0. The SMILES string of the molecule is N[C@@H](Cc1c[nH]c2ccccc12)C(=O)N[C@@H](Cc1ccc2ccccc2c1)C(=O)N[C@@H](CC(=O)O)C(=O)N[C@@H](Cc1ccccc1)C(=O)NC=O. The number of para-hydroxylation sites is 1. The Bertz CT molecular complexity index is 2050. The summed E-state index contributed by atoms with van der Waals surface area (Å²) in [7, 11) is 0. The summed E-state index contributed by atoms with van der Waals surface area (Å²) in [5, 5.41) is 22.1. The molecule has 13 heteroatoms. The number of benzene rings is 4. The summed E-state index contributed by atoms with van der Waals surface area (Å²) in [6.45, 7) is 0. The van der Waals surface area contributed by atoms with E-state index in [4.69, 9.17) is 5.73 Å². The van der Waals surface area contributed by atoms with Crippen molar-refractivity contribution in [1.82, 2.24) is 26.3 Å². The number of nitrogens with two attached hydrogens (primary N) is 1. The van der Waals surface area contributed by atoms with Gasteiger partial charge in [-0.1, -0.05) is 91.0 Å². The van der Waals surface area contributed by atoms with E-state index in [1.54, 1.807) is 36.5 Å². The lowest BCUT2D eigenvalue weighted by Gasteiger charge is -2.25. The minimum absolute atomic E-state index is 0.0119. The first kappa shape index (κ1) is 36.0. The lowest BCUT2D eigenvalue weighted by molar-refractivity contribution is -0.141. The number of aromatic amines is 1. The van der Waals surface area contributed by atoms with E-state index in [0.717, 1.165) is 27.2 Å². The number of fused-ring (bicyclic) bond motifs is 2. The predicted molar refractivity (Wildman–Crippen MR) is 190 cm³/mol. The van der Waals surface area contributed by atoms with Crippen LogP contribution >= 0.6 is 0 Å². The second-order valence-corrected chi connectivity index (χ2v) is 12.2. The molecular weight excluding hydrogens is 652 g/mol. The number of aromatic nitrogens is 1. The zero-order chi connectivity index (χ0) is 36.3. The van der Waals surface area contributed by atoms with Crippen LogP contribution in [0.1, 0.15) is 23.1 Å². The van der Waals surface area contributed by atoms with E-state index in [1.807, 2.05) is 72.0 Å². The molecule has 0 saturated carbocycles. The fourth-order valence-electron chi connectivity index (χ4n) is 5.87. The largest absolute Gasteiger partial charge is 0.481 e. The van der Waals surface area contributed by atoms with Crippen LogP contribution in [0.5, 0.6) is 0 Å². The highest BCUT2D eigenvalue weighted by Gasteiger charge is 2.32. The standard InChI is InChI=1S/C38H38N6O7/c39-29(19-27-21-40-30-13-7-6-12-28(27)30)35(48)42-32(18-24-14-15-25-10-4-5-11-26(25)16-24)37(50)44-33(20-34(46)47)38(51)43-31(36(49)41-22-45)17-23-8-2-1-3-9-23/h1-16,21-22,29,31-33,40H,17-20,39H2,(H,42,48)(H,43,51)(H,44,50)(H,46,47)(H,41,45,49)/t29-,31-,32-,33-/m0/s1. The van der Waals surface area contributed by atoms with Crippen LogP contribution in [0.25, 0.3) is 21.7 Å². The van der Waals surface area contributed by atoms with Crippen LogP contribution in [0.3, 0.4) is 0 Å². The summed E-state index contributed by atoms with van der Waals surface area (Å²) in [6, 6.07) is 24.2. The fourth-order valence-corrected chi connectivity index (χ4v) is 5.87. The minimum Gasteiger partial charge on any atom is -0.481 e. The van der Waals surface area contributed by atoms with Gasteiger partial charge in [-0.2, -0.15) is 0 Å². The number of rotatable bonds is 16. The van der Waals surface area contributed by atoms with Crippen molar-refractivity contribution in [2.45, 2.75) is 49.9 Å². The molecule has 0 fully saturated rings. The quantitative estimate of drug-likeness (QED) is 0.0758. The van der Waals surface area contributed by atoms with Crippen LogP contribution in [0.4, 0.5) is 0 Å². The van der Waals surface area contributed by atoms with Gasteiger partial charge in [-0.25, -0.2) is 0 Å². The lowest BCUT2D eigenvalue weighted by atomic mass is 9.99. The third kappa shape index (κ3) is 9.64. The molecule has 0 radical (unpaired) electrons. The van der Waals surface area contributed by atoms with Crippen LogP contribution in [-0.4, -0.2) is 70.3 Å². The summed E-state index contributed by atoms with van der Waals surface area (Å²) in [5.74, 6) is -4.67. The zero-order valence-corrected chi connectivity index (χ0v) is 27.5. The molecule has 0 aliphatic heterocycles. The molecule has 0 spiro atoms. The summed E-state index contributed by atoms with van der Waals surface area (Å²) < 4.78 is 0. The Morgan fingerprint density at radius 1 is 0.667 bits per heavy atom. The van der Waals surface area contributed by atoms with Crippen molar-refractivity contribution in [2.24, 2.45) is 5.73 Å². The van der Waals surface area contributed by atoms with E-state index in [9.17, 15) is 33.9 Å². The van der Waals surface area contributed by atoms with E-state index in [2.05, 4.69) is 20.9 Å². The third-order valence-corrected chi connectivity index (χ3v) is 8.47. The Kier molecular flexibility index (Phi) is 11.9. The van der Waals surface area contributed by atoms with Gasteiger partial charge in [-0.3, -0.25) is 34.1 Å². The van der Waals surface area contributed by atoms with E-state index >= 15 is 0 Å². The zero-order valence-electron chi connectivity index (χ0n) is 27.5. The molecule has 8 N–H and O–H groups in total. The Balaban J connectivity index is 1.36. The highest BCUT2D eigenvalue weighted by atomic mass is 16.4. The van der Waals surface area contributed by atoms with E-state index in [1.165, 1.54) is 0 Å². The van der Waals surface area contributed by atoms with Crippen LogP contribution in [0, 0.1) is 0 Å². The Morgan fingerprint density at radius 2 is 1.27 bits per heavy atom. The second-order valence-electron chi connectivity index (χ2n) is 12.2. The maximum Gasteiger partial charge on any atom is 0.305 e. The molecule has 5 rings (SSSR count). The molecule has 13 nitrogen and oxygen atoms in total. The van der Waals surface area contributed by atoms with E-state index in [-0.39, 0.29) is 25.7 Å². The molecule has 5 aromatic rings. The average molecular weight is 691 g/mol. The Morgan fingerprint density at radius 3 is 2.02 bits per heavy atom. The molecule has 51 heavy (non-hydrogen) atoms. The molecule has 0 saturated heterocycles. The monoisotopic (exact) mass is 690 g/mol. The van der Waals surface area contributed by atoms with Crippen molar-refractivity contribution in [1.29, 1.82) is 0 Å². The van der Waals surface area contributed by atoms with Gasteiger partial charge in [0.25, 0.3) is 0 Å². The van der Waals surface area contributed by atoms with Gasteiger partial charge in [-0.05, 0) is 39.9 Å². The number of nitrogens with one attached hydrogen (secondary N) is 5. The number of aliphatic carboxylic acids is 1. The summed E-state index contributed by atoms with van der Waals surface area (Å²) in [6.07, 6.45) is 1.24. The number of amides is 5. The fraction of sp³-hybridized carbons (Fsp3) is 0.211. The maximum absolute atomic E-state index is 13.9. The van der Waals surface area contributed by atoms with Gasteiger partial charge >= 0.3 is 5.97 Å². The minimum atomic E-state index is -1.65. The number of imide groups is 1. The molecule has 0 unspecified atom stereocenters. The average Bonchev–Trinajstić information content (AvgIpc) is 3.53. The highest BCUT2D eigenvalue weighted by molar-refractivity contribution is 5.98. The van der Waals surface area contributed by atoms with Crippen LogP contribution in [0.15, 0.2) is 103 Å². The van der Waals surface area contributed by atoms with Gasteiger partial charge < -0.3 is 31.8 Å². The maximum atomic E-state index is 13.9. The van der Waals surface area contributed by atoms with Gasteiger partial charge in [0, 0.05) is 29.9 Å². The molecule has 0 aliphatic rings. The second kappa shape index (κ2) is 16.9. The number of H-pyrrole nitrogens is 1. The number of hydrogen-bond acceptors (Lipinski definition) is 7. The number of carbonyl (C=O) groups excluding carboxylic acids is 5. The molecule has 1 heterocycles. The van der Waals surface area contributed by atoms with Crippen molar-refractivity contribution in [3.05, 3.63) is 120 Å². The van der Waals surface area contributed by atoms with Crippen LogP contribution in [0.2, 0.25) is 0 Å². The lowest BCUT2D eigenvalue weighted by Crippen LogP contribution is -2.59. The number of hydrogen-bond donors (Lipinski definition) is 7. The smallest absolute Gasteiger partial charge is 0.305 e. The van der Waals surface area contributed by atoms with Gasteiger partial charge in [0.05, 0.1) is 12.5 Å².